The molecule has 0 radical (unpaired) electrons. The molecule has 0 N–H and O–H groups in total. The molecule has 0 saturated heterocycles. The lowest BCUT2D eigenvalue weighted by atomic mass is 9.79. The Labute approximate surface area is 124 Å². The summed E-state index contributed by atoms with van der Waals surface area (Å²) in [6.45, 7) is 0.774. The molecule has 0 saturated carbocycles. The van der Waals surface area contributed by atoms with Crippen molar-refractivity contribution < 1.29 is 4.74 Å². The first kappa shape index (κ1) is 16.1. The zero-order valence-corrected chi connectivity index (χ0v) is 12.9. The van der Waals surface area contributed by atoms with Gasteiger partial charge >= 0.3 is 0 Å². The van der Waals surface area contributed by atoms with Crippen LogP contribution in [-0.4, -0.2) is 25.5 Å². The van der Waals surface area contributed by atoms with E-state index in [0.717, 1.165) is 36.5 Å². The second-order valence-electron chi connectivity index (χ2n) is 4.51. The Kier molecular flexibility index (Phi) is 7.40. The minimum Gasteiger partial charge on any atom is -0.385 e. The topological polar surface area (TPSA) is 9.23 Å². The van der Waals surface area contributed by atoms with Crippen LogP contribution in [0.25, 0.3) is 0 Å². The third-order valence-corrected chi connectivity index (χ3v) is 4.46. The van der Waals surface area contributed by atoms with Gasteiger partial charge in [0.1, 0.15) is 0 Å². The van der Waals surface area contributed by atoms with Crippen molar-refractivity contribution in [3.63, 3.8) is 0 Å². The first-order chi connectivity index (χ1) is 8.68. The predicted molar refractivity (Wildman–Crippen MR) is 80.3 cm³/mol. The van der Waals surface area contributed by atoms with Crippen LogP contribution in [0.1, 0.15) is 24.8 Å². The summed E-state index contributed by atoms with van der Waals surface area (Å²) in [5.74, 6) is 1.01. The van der Waals surface area contributed by atoms with Gasteiger partial charge in [0.05, 0.1) is 0 Å². The Morgan fingerprint density at radius 1 is 1.17 bits per heavy atom. The van der Waals surface area contributed by atoms with Gasteiger partial charge in [-0.1, -0.05) is 30.2 Å². The summed E-state index contributed by atoms with van der Waals surface area (Å²) in [4.78, 5) is 0. The summed E-state index contributed by atoms with van der Waals surface area (Å²) in [6.07, 6.45) is 3.01. The number of hydrogen-bond donors (Lipinski definition) is 0. The van der Waals surface area contributed by atoms with E-state index in [-0.39, 0.29) is 5.41 Å². The van der Waals surface area contributed by atoms with E-state index in [0.29, 0.717) is 11.8 Å². The van der Waals surface area contributed by atoms with Crippen LogP contribution < -0.4 is 0 Å². The molecule has 102 valence electrons. The predicted octanol–water partition coefficient (Wildman–Crippen LogP) is 4.87. The highest BCUT2D eigenvalue weighted by atomic mass is 35.5. The van der Waals surface area contributed by atoms with Crippen LogP contribution in [0.4, 0.5) is 0 Å². The zero-order chi connectivity index (χ0) is 13.4. The van der Waals surface area contributed by atoms with E-state index in [2.05, 4.69) is 0 Å². The van der Waals surface area contributed by atoms with E-state index in [1.165, 1.54) is 0 Å². The van der Waals surface area contributed by atoms with E-state index in [9.17, 15) is 0 Å². The Bertz CT molecular complexity index is 351. The molecule has 0 unspecified atom stereocenters. The standard InChI is InChI=1S/C14H19Cl3O/c1-18-8-3-2-7-14(10-15,11-16)12-5-4-6-13(17)9-12/h4-6,9H,2-3,7-8,10-11H2,1H3. The van der Waals surface area contributed by atoms with Gasteiger partial charge < -0.3 is 4.74 Å². The SMILES string of the molecule is COCCCCC(CCl)(CCl)c1cccc(Cl)c1. The number of halogens is 3. The Morgan fingerprint density at radius 2 is 1.89 bits per heavy atom. The minimum atomic E-state index is -0.193. The van der Waals surface area contributed by atoms with Crippen molar-refractivity contribution in [2.24, 2.45) is 0 Å². The van der Waals surface area contributed by atoms with Crippen molar-refractivity contribution in [3.05, 3.63) is 34.9 Å². The minimum absolute atomic E-state index is 0.193. The van der Waals surface area contributed by atoms with Gasteiger partial charge in [-0.3, -0.25) is 0 Å². The molecule has 0 aromatic heterocycles. The van der Waals surface area contributed by atoms with Crippen LogP contribution >= 0.6 is 34.8 Å². The van der Waals surface area contributed by atoms with Gasteiger partial charge in [-0.05, 0) is 30.5 Å². The molecular formula is C14H19Cl3O. The van der Waals surface area contributed by atoms with Crippen LogP contribution in [-0.2, 0) is 10.2 Å². The van der Waals surface area contributed by atoms with Crippen molar-refractivity contribution in [2.45, 2.75) is 24.7 Å². The molecule has 0 amide bonds. The zero-order valence-electron chi connectivity index (χ0n) is 10.6. The number of benzene rings is 1. The fraction of sp³-hybridized carbons (Fsp3) is 0.571. The van der Waals surface area contributed by atoms with Gasteiger partial charge in [0.25, 0.3) is 0 Å². The average Bonchev–Trinajstić information content (AvgIpc) is 2.40. The van der Waals surface area contributed by atoms with E-state index < -0.39 is 0 Å². The van der Waals surface area contributed by atoms with Crippen LogP contribution in [0.5, 0.6) is 0 Å². The van der Waals surface area contributed by atoms with Gasteiger partial charge in [0.2, 0.25) is 0 Å². The molecule has 4 heteroatoms. The van der Waals surface area contributed by atoms with Gasteiger partial charge in [-0.25, -0.2) is 0 Å². The molecule has 18 heavy (non-hydrogen) atoms. The highest BCUT2D eigenvalue weighted by Crippen LogP contribution is 2.34. The second-order valence-corrected chi connectivity index (χ2v) is 5.48. The first-order valence-electron chi connectivity index (χ1n) is 6.05. The van der Waals surface area contributed by atoms with E-state index in [1.807, 2.05) is 24.3 Å². The van der Waals surface area contributed by atoms with Crippen molar-refractivity contribution in [1.29, 1.82) is 0 Å². The number of hydrogen-bond acceptors (Lipinski definition) is 1. The maximum absolute atomic E-state index is 6.17. The summed E-state index contributed by atoms with van der Waals surface area (Å²) in [5, 5.41) is 0.726. The Hall–Kier alpha value is 0.0500. The Morgan fingerprint density at radius 3 is 2.44 bits per heavy atom. The summed E-state index contributed by atoms with van der Waals surface area (Å²) in [5.41, 5.74) is 0.930. The fourth-order valence-electron chi connectivity index (χ4n) is 2.00. The number of alkyl halides is 2. The van der Waals surface area contributed by atoms with Crippen molar-refractivity contribution in [2.75, 3.05) is 25.5 Å². The van der Waals surface area contributed by atoms with Gasteiger partial charge in [0, 0.05) is 35.9 Å². The molecular weight excluding hydrogens is 291 g/mol. The Balaban J connectivity index is 2.79. The molecule has 1 rings (SSSR count). The largest absolute Gasteiger partial charge is 0.385 e. The molecule has 0 spiro atoms. The van der Waals surface area contributed by atoms with Gasteiger partial charge in [-0.15, -0.1) is 23.2 Å². The molecule has 0 aliphatic carbocycles. The lowest BCUT2D eigenvalue weighted by Gasteiger charge is -2.30. The second kappa shape index (κ2) is 8.27. The molecule has 0 bridgehead atoms. The smallest absolute Gasteiger partial charge is 0.0462 e. The number of methoxy groups -OCH3 is 1. The summed E-state index contributed by atoms with van der Waals surface area (Å²) >= 11 is 18.4. The van der Waals surface area contributed by atoms with Crippen molar-refractivity contribution in [1.82, 2.24) is 0 Å². The molecule has 0 aliphatic rings. The third-order valence-electron chi connectivity index (χ3n) is 3.20. The molecule has 0 atom stereocenters. The van der Waals surface area contributed by atoms with E-state index in [4.69, 9.17) is 39.5 Å². The molecule has 1 aromatic carbocycles. The summed E-state index contributed by atoms with van der Waals surface area (Å²) < 4.78 is 5.06. The van der Waals surface area contributed by atoms with E-state index >= 15 is 0 Å². The van der Waals surface area contributed by atoms with E-state index in [1.54, 1.807) is 7.11 Å². The number of ether oxygens (including phenoxy) is 1. The van der Waals surface area contributed by atoms with Gasteiger partial charge in [-0.2, -0.15) is 0 Å². The average molecular weight is 310 g/mol. The fourth-order valence-corrected chi connectivity index (χ4v) is 3.05. The van der Waals surface area contributed by atoms with Crippen molar-refractivity contribution >= 4 is 34.8 Å². The lowest BCUT2D eigenvalue weighted by Crippen LogP contribution is -2.30. The monoisotopic (exact) mass is 308 g/mol. The van der Waals surface area contributed by atoms with Crippen molar-refractivity contribution in [3.8, 4) is 0 Å². The molecule has 0 aliphatic heterocycles. The first-order valence-corrected chi connectivity index (χ1v) is 7.50. The lowest BCUT2D eigenvalue weighted by molar-refractivity contribution is 0.190. The normalized spacial score (nSPS) is 11.8. The quantitative estimate of drug-likeness (QED) is 0.491. The maximum atomic E-state index is 6.17. The maximum Gasteiger partial charge on any atom is 0.0462 e. The molecule has 1 nitrogen and oxygen atoms in total. The molecule has 0 fully saturated rings. The van der Waals surface area contributed by atoms with Gasteiger partial charge in [0.15, 0.2) is 0 Å². The van der Waals surface area contributed by atoms with Crippen LogP contribution in [0, 0.1) is 0 Å². The van der Waals surface area contributed by atoms with Crippen LogP contribution in [0.2, 0.25) is 5.02 Å². The number of unbranched alkanes of at least 4 members (excludes halogenated alkanes) is 1. The number of rotatable bonds is 8. The summed E-state index contributed by atoms with van der Waals surface area (Å²) in [7, 11) is 1.72. The summed E-state index contributed by atoms with van der Waals surface area (Å²) in [6, 6.07) is 7.82. The third kappa shape index (κ3) is 4.31. The molecule has 0 heterocycles. The highest BCUT2D eigenvalue weighted by Gasteiger charge is 2.30. The highest BCUT2D eigenvalue weighted by molar-refractivity contribution is 6.30. The van der Waals surface area contributed by atoms with Crippen LogP contribution in [0.15, 0.2) is 24.3 Å². The molecule has 1 aromatic rings. The van der Waals surface area contributed by atoms with Crippen LogP contribution in [0.3, 0.4) is 0 Å².